The van der Waals surface area contributed by atoms with Crippen LogP contribution in [-0.2, 0) is 38.6 Å². The molecule has 0 aliphatic carbocycles. The maximum atomic E-state index is 13.8. The first-order valence-corrected chi connectivity index (χ1v) is 16.6. The molecule has 3 rings (SSSR count). The summed E-state index contributed by atoms with van der Waals surface area (Å²) >= 11 is 1.42. The maximum absolute atomic E-state index is 13.8. The van der Waals surface area contributed by atoms with E-state index in [-0.39, 0.29) is 24.8 Å². The number of aromatic nitrogens is 1. The zero-order valence-corrected chi connectivity index (χ0v) is 27.4. The molecule has 4 atom stereocenters. The first kappa shape index (κ1) is 36.3. The van der Waals surface area contributed by atoms with Gasteiger partial charge in [-0.05, 0) is 55.7 Å². The molecule has 0 aliphatic heterocycles. The third-order valence-electron chi connectivity index (χ3n) is 7.37. The van der Waals surface area contributed by atoms with E-state index in [1.165, 1.54) is 11.3 Å². The van der Waals surface area contributed by atoms with Crippen molar-refractivity contribution in [2.75, 3.05) is 6.54 Å². The Balaban J connectivity index is 1.74. The lowest BCUT2D eigenvalue weighted by Crippen LogP contribution is -2.58. The lowest BCUT2D eigenvalue weighted by atomic mass is 9.99. The van der Waals surface area contributed by atoms with Gasteiger partial charge >= 0.3 is 0 Å². The smallest absolute Gasteiger partial charge is 0.243 e. The molecule has 0 saturated carbocycles. The molecule has 12 heteroatoms. The van der Waals surface area contributed by atoms with Gasteiger partial charge in [0.05, 0.1) is 12.6 Å². The number of benzene rings is 2. The predicted octanol–water partition coefficient (Wildman–Crippen LogP) is 2.20. The van der Waals surface area contributed by atoms with Gasteiger partial charge < -0.3 is 32.7 Å². The van der Waals surface area contributed by atoms with Crippen LogP contribution < -0.4 is 32.7 Å². The molecule has 0 fully saturated rings. The summed E-state index contributed by atoms with van der Waals surface area (Å²) in [7, 11) is 0. The zero-order valence-electron chi connectivity index (χ0n) is 26.6. The Morgan fingerprint density at radius 2 is 1.35 bits per heavy atom. The van der Waals surface area contributed by atoms with Crippen LogP contribution >= 0.6 is 11.3 Å². The van der Waals surface area contributed by atoms with Gasteiger partial charge in [0.2, 0.25) is 23.6 Å². The highest BCUT2D eigenvalue weighted by Gasteiger charge is 2.31. The van der Waals surface area contributed by atoms with Crippen LogP contribution in [0.4, 0.5) is 0 Å². The molecule has 3 aromatic rings. The largest absolute Gasteiger partial charge is 0.348 e. The topological polar surface area (TPSA) is 181 Å². The number of amides is 4. The Bertz CT molecular complexity index is 1360. The van der Waals surface area contributed by atoms with Crippen LogP contribution in [-0.4, -0.2) is 59.3 Å². The number of nitrogens with two attached hydrogens (primary N) is 2. The lowest BCUT2D eigenvalue weighted by molar-refractivity contribution is -0.134. The monoisotopic (exact) mass is 649 g/mol. The molecule has 248 valence electrons. The summed E-state index contributed by atoms with van der Waals surface area (Å²) in [6, 6.07) is 15.1. The Kier molecular flexibility index (Phi) is 15.3. The SMILES string of the molecule is CC(C)C[C@@H](NC(=O)[C@@H](Cc1ccccc1)NC(=O)[C@H](N)Cc1ccccc1)C(=O)N[C@H](CCCCN)C(=O)NCc1nccs1. The highest BCUT2D eigenvalue weighted by atomic mass is 32.1. The van der Waals surface area contributed by atoms with Crippen molar-refractivity contribution in [2.45, 2.75) is 83.1 Å². The molecule has 0 unspecified atom stereocenters. The average Bonchev–Trinajstić information content (AvgIpc) is 3.57. The summed E-state index contributed by atoms with van der Waals surface area (Å²) in [5, 5.41) is 14.0. The molecule has 2 aromatic carbocycles. The Morgan fingerprint density at radius 3 is 1.93 bits per heavy atom. The number of unbranched alkanes of at least 4 members (excludes halogenated alkanes) is 1. The number of carbonyl (C=O) groups excluding carboxylic acids is 4. The second-order valence-electron chi connectivity index (χ2n) is 11.7. The van der Waals surface area contributed by atoms with Gasteiger partial charge in [0.1, 0.15) is 23.1 Å². The van der Waals surface area contributed by atoms with Crippen LogP contribution in [0.5, 0.6) is 0 Å². The Labute approximate surface area is 275 Å². The Morgan fingerprint density at radius 1 is 0.761 bits per heavy atom. The minimum atomic E-state index is -0.985. The average molecular weight is 650 g/mol. The number of nitrogens with zero attached hydrogens (tertiary/aromatic N) is 1. The molecule has 4 amide bonds. The van der Waals surface area contributed by atoms with Crippen LogP contribution in [0.25, 0.3) is 0 Å². The number of nitrogens with one attached hydrogen (secondary N) is 4. The molecule has 1 aromatic heterocycles. The van der Waals surface area contributed by atoms with E-state index >= 15 is 0 Å². The molecule has 0 bridgehead atoms. The van der Waals surface area contributed by atoms with E-state index in [2.05, 4.69) is 26.3 Å². The molecule has 0 aliphatic rings. The maximum Gasteiger partial charge on any atom is 0.243 e. The van der Waals surface area contributed by atoms with Crippen LogP contribution in [0.15, 0.2) is 72.2 Å². The number of carbonyl (C=O) groups is 4. The first-order chi connectivity index (χ1) is 22.2. The molecule has 46 heavy (non-hydrogen) atoms. The fraction of sp³-hybridized carbons (Fsp3) is 0.441. The van der Waals surface area contributed by atoms with E-state index in [1.54, 1.807) is 6.20 Å². The van der Waals surface area contributed by atoms with Gasteiger partial charge in [0.15, 0.2) is 0 Å². The molecule has 0 radical (unpaired) electrons. The van der Waals surface area contributed by atoms with Crippen LogP contribution in [0.2, 0.25) is 0 Å². The van der Waals surface area contributed by atoms with Crippen molar-refractivity contribution >= 4 is 35.0 Å². The summed E-state index contributed by atoms with van der Waals surface area (Å²) in [6.07, 6.45) is 4.23. The third kappa shape index (κ3) is 12.7. The van der Waals surface area contributed by atoms with Crippen molar-refractivity contribution in [3.63, 3.8) is 0 Å². The van der Waals surface area contributed by atoms with Crippen LogP contribution in [0, 0.1) is 5.92 Å². The van der Waals surface area contributed by atoms with Crippen molar-refractivity contribution < 1.29 is 19.2 Å². The van der Waals surface area contributed by atoms with Gasteiger partial charge in [-0.3, -0.25) is 19.2 Å². The quantitative estimate of drug-likeness (QED) is 0.108. The molecular formula is C34H47N7O4S. The lowest BCUT2D eigenvalue weighted by Gasteiger charge is -2.27. The second-order valence-corrected chi connectivity index (χ2v) is 12.7. The summed E-state index contributed by atoms with van der Waals surface area (Å²) < 4.78 is 0. The van der Waals surface area contributed by atoms with Gasteiger partial charge in [-0.15, -0.1) is 11.3 Å². The normalized spacial score (nSPS) is 13.7. The first-order valence-electron chi connectivity index (χ1n) is 15.8. The van der Waals surface area contributed by atoms with Crippen molar-refractivity contribution in [2.24, 2.45) is 17.4 Å². The zero-order chi connectivity index (χ0) is 33.3. The van der Waals surface area contributed by atoms with E-state index in [9.17, 15) is 19.2 Å². The van der Waals surface area contributed by atoms with Gasteiger partial charge in [-0.25, -0.2) is 4.98 Å². The summed E-state index contributed by atoms with van der Waals surface area (Å²) in [5.74, 6) is -1.75. The van der Waals surface area contributed by atoms with Crippen molar-refractivity contribution in [1.29, 1.82) is 0 Å². The van der Waals surface area contributed by atoms with Gasteiger partial charge in [0, 0.05) is 18.0 Å². The third-order valence-corrected chi connectivity index (χ3v) is 8.15. The molecule has 0 saturated heterocycles. The van der Waals surface area contributed by atoms with Crippen molar-refractivity contribution in [1.82, 2.24) is 26.3 Å². The van der Waals surface area contributed by atoms with E-state index in [0.29, 0.717) is 38.6 Å². The molecular weight excluding hydrogens is 602 g/mol. The van der Waals surface area contributed by atoms with Gasteiger partial charge in [0.25, 0.3) is 0 Å². The van der Waals surface area contributed by atoms with Gasteiger partial charge in [-0.1, -0.05) is 74.5 Å². The number of rotatable bonds is 19. The van der Waals surface area contributed by atoms with Crippen LogP contribution in [0.1, 0.15) is 55.7 Å². The Hall–Kier alpha value is -4.13. The van der Waals surface area contributed by atoms with E-state index < -0.39 is 41.9 Å². The molecule has 11 nitrogen and oxygen atoms in total. The van der Waals surface area contributed by atoms with Crippen molar-refractivity contribution in [3.05, 3.63) is 88.4 Å². The van der Waals surface area contributed by atoms with E-state index in [0.717, 1.165) is 16.1 Å². The second kappa shape index (κ2) is 19.4. The highest BCUT2D eigenvalue weighted by molar-refractivity contribution is 7.09. The summed E-state index contributed by atoms with van der Waals surface area (Å²) in [6.45, 7) is 4.60. The molecule has 8 N–H and O–H groups in total. The summed E-state index contributed by atoms with van der Waals surface area (Å²) in [5.41, 5.74) is 13.6. The molecule has 1 heterocycles. The number of hydrogen-bond acceptors (Lipinski definition) is 8. The fourth-order valence-electron chi connectivity index (χ4n) is 4.93. The van der Waals surface area contributed by atoms with Crippen LogP contribution in [0.3, 0.4) is 0 Å². The van der Waals surface area contributed by atoms with Crippen molar-refractivity contribution in [3.8, 4) is 0 Å². The van der Waals surface area contributed by atoms with E-state index in [4.69, 9.17) is 11.5 Å². The fourth-order valence-corrected chi connectivity index (χ4v) is 5.49. The minimum Gasteiger partial charge on any atom is -0.348 e. The predicted molar refractivity (Wildman–Crippen MR) is 180 cm³/mol. The standard InChI is InChI=1S/C34H47N7O4S/c1-23(2)19-28(33(44)39-27(15-9-10-16-35)32(43)38-22-30-37-17-18-46-30)41-34(45)29(21-25-13-7-4-8-14-25)40-31(42)26(36)20-24-11-5-3-6-12-24/h3-8,11-14,17-18,23,26-29H,9-10,15-16,19-22,35-36H2,1-2H3,(H,38,43)(H,39,44)(H,40,42)(H,41,45)/t26-,27-,28-,29-/m1/s1. The number of thiazole rings is 1. The molecule has 0 spiro atoms. The number of hydrogen-bond donors (Lipinski definition) is 6. The summed E-state index contributed by atoms with van der Waals surface area (Å²) in [4.78, 5) is 58.0. The van der Waals surface area contributed by atoms with E-state index in [1.807, 2.05) is 79.9 Å². The van der Waals surface area contributed by atoms with Gasteiger partial charge in [-0.2, -0.15) is 0 Å². The minimum absolute atomic E-state index is 0.0481. The highest BCUT2D eigenvalue weighted by Crippen LogP contribution is 2.11.